The molecule has 0 saturated carbocycles. The zero-order valence-electron chi connectivity index (χ0n) is 20.0. The molecule has 0 radical (unpaired) electrons. The zero-order valence-corrected chi connectivity index (χ0v) is 20.0. The molecule has 2 aliphatic rings. The first kappa shape index (κ1) is 23.6. The number of carbonyl (C=O) groups is 2. The van der Waals surface area contributed by atoms with Gasteiger partial charge in [-0.25, -0.2) is 0 Å². The van der Waals surface area contributed by atoms with Gasteiger partial charge >= 0.3 is 0 Å². The molecular weight excluding hydrogens is 428 g/mol. The van der Waals surface area contributed by atoms with Crippen LogP contribution in [0.25, 0.3) is 0 Å². The van der Waals surface area contributed by atoms with Crippen molar-refractivity contribution in [2.45, 2.75) is 45.6 Å². The lowest BCUT2D eigenvalue weighted by molar-refractivity contribution is -0.139. The van der Waals surface area contributed by atoms with Crippen molar-refractivity contribution in [3.05, 3.63) is 53.6 Å². The molecule has 0 spiro atoms. The van der Waals surface area contributed by atoms with Gasteiger partial charge in [0.1, 0.15) is 5.75 Å². The fourth-order valence-corrected chi connectivity index (χ4v) is 4.82. The Bertz CT molecular complexity index is 1070. The van der Waals surface area contributed by atoms with Crippen LogP contribution in [0.3, 0.4) is 0 Å². The number of hydrogen-bond donors (Lipinski definition) is 0. The molecule has 1 atom stereocenters. The third kappa shape index (κ3) is 5.33. The van der Waals surface area contributed by atoms with Gasteiger partial charge in [0.15, 0.2) is 6.10 Å². The van der Waals surface area contributed by atoms with E-state index in [9.17, 15) is 9.59 Å². The van der Waals surface area contributed by atoms with Crippen molar-refractivity contribution in [3.63, 3.8) is 0 Å². The minimum atomic E-state index is -0.644. The SMILES string of the molecule is Cc1cc(C)cc(N(CCC#N)C(=O)CN2CC(C(=O)N3CCCCC3)Oc3ccccc32)c1. The number of nitrogens with zero attached hydrogens (tertiary/aromatic N) is 4. The molecule has 0 bridgehead atoms. The number of nitriles is 1. The minimum absolute atomic E-state index is 0.0118. The lowest BCUT2D eigenvalue weighted by atomic mass is 10.1. The van der Waals surface area contributed by atoms with Crippen LogP contribution < -0.4 is 14.5 Å². The summed E-state index contributed by atoms with van der Waals surface area (Å²) in [6, 6.07) is 15.7. The van der Waals surface area contributed by atoms with Crippen LogP contribution in [-0.4, -0.2) is 55.5 Å². The van der Waals surface area contributed by atoms with Crippen LogP contribution in [-0.2, 0) is 9.59 Å². The first-order chi connectivity index (χ1) is 16.5. The Kier molecular flexibility index (Phi) is 7.36. The third-order valence-corrected chi connectivity index (χ3v) is 6.40. The van der Waals surface area contributed by atoms with Crippen LogP contribution in [0.15, 0.2) is 42.5 Å². The van der Waals surface area contributed by atoms with E-state index in [-0.39, 0.29) is 24.8 Å². The van der Waals surface area contributed by atoms with Crippen molar-refractivity contribution in [1.82, 2.24) is 4.90 Å². The molecule has 0 N–H and O–H groups in total. The lowest BCUT2D eigenvalue weighted by Crippen LogP contribution is -2.53. The van der Waals surface area contributed by atoms with Crippen molar-refractivity contribution in [2.24, 2.45) is 0 Å². The number of hydrogen-bond acceptors (Lipinski definition) is 5. The molecule has 0 aliphatic carbocycles. The molecule has 2 aromatic carbocycles. The molecule has 1 unspecified atom stereocenters. The monoisotopic (exact) mass is 460 g/mol. The maximum absolute atomic E-state index is 13.6. The van der Waals surface area contributed by atoms with Crippen LogP contribution in [0.1, 0.15) is 36.8 Å². The minimum Gasteiger partial charge on any atom is -0.477 e. The van der Waals surface area contributed by atoms with E-state index in [0.717, 1.165) is 54.9 Å². The Labute approximate surface area is 201 Å². The highest BCUT2D eigenvalue weighted by Gasteiger charge is 2.35. The topological polar surface area (TPSA) is 76.9 Å². The Morgan fingerprint density at radius 3 is 2.50 bits per heavy atom. The van der Waals surface area contributed by atoms with Crippen molar-refractivity contribution in [1.29, 1.82) is 5.26 Å². The molecule has 7 heteroatoms. The summed E-state index contributed by atoms with van der Waals surface area (Å²) in [4.78, 5) is 32.3. The Morgan fingerprint density at radius 2 is 1.79 bits per heavy atom. The largest absolute Gasteiger partial charge is 0.477 e. The number of carbonyl (C=O) groups excluding carboxylic acids is 2. The standard InChI is InChI=1S/C27H32N4O3/c1-20-15-21(2)17-22(16-20)31(14-8-11-28)26(32)19-30-18-25(27(33)29-12-6-3-7-13-29)34-24-10-5-4-9-23(24)30/h4-5,9-10,15-17,25H,3,6-8,12-14,18-19H2,1-2H3. The molecule has 34 heavy (non-hydrogen) atoms. The molecule has 7 nitrogen and oxygen atoms in total. The number of rotatable bonds is 6. The number of piperidine rings is 1. The summed E-state index contributed by atoms with van der Waals surface area (Å²) in [7, 11) is 0. The first-order valence-corrected chi connectivity index (χ1v) is 12.0. The second-order valence-electron chi connectivity index (χ2n) is 9.14. The predicted molar refractivity (Wildman–Crippen MR) is 132 cm³/mol. The van der Waals surface area contributed by atoms with Crippen LogP contribution in [0.2, 0.25) is 0 Å². The highest BCUT2D eigenvalue weighted by Crippen LogP contribution is 2.34. The maximum atomic E-state index is 13.6. The van der Waals surface area contributed by atoms with E-state index >= 15 is 0 Å². The number of ether oxygens (including phenoxy) is 1. The van der Waals surface area contributed by atoms with E-state index in [2.05, 4.69) is 12.1 Å². The van der Waals surface area contributed by atoms with E-state index in [1.807, 2.05) is 60.0 Å². The Hall–Kier alpha value is -3.53. The van der Waals surface area contributed by atoms with Gasteiger partial charge in [0.25, 0.3) is 5.91 Å². The average molecular weight is 461 g/mol. The Morgan fingerprint density at radius 1 is 1.09 bits per heavy atom. The molecular formula is C27H32N4O3. The quantitative estimate of drug-likeness (QED) is 0.655. The number of fused-ring (bicyclic) bond motifs is 1. The summed E-state index contributed by atoms with van der Waals surface area (Å²) in [5, 5.41) is 9.17. The highest BCUT2D eigenvalue weighted by atomic mass is 16.5. The van der Waals surface area contributed by atoms with Crippen LogP contribution in [0.5, 0.6) is 5.75 Å². The molecule has 4 rings (SSSR count). The van der Waals surface area contributed by atoms with Crippen molar-refractivity contribution < 1.29 is 14.3 Å². The van der Waals surface area contributed by atoms with Gasteiger partial charge < -0.3 is 19.4 Å². The lowest BCUT2D eigenvalue weighted by Gasteiger charge is -2.38. The molecule has 1 saturated heterocycles. The highest BCUT2D eigenvalue weighted by molar-refractivity contribution is 5.97. The van der Waals surface area contributed by atoms with Gasteiger partial charge in [-0.1, -0.05) is 18.2 Å². The number of likely N-dealkylation sites (tertiary alicyclic amines) is 1. The molecule has 2 amide bonds. The summed E-state index contributed by atoms with van der Waals surface area (Å²) in [5.74, 6) is 0.496. The summed E-state index contributed by atoms with van der Waals surface area (Å²) in [6.07, 6.45) is 2.78. The molecule has 2 heterocycles. The van der Waals surface area contributed by atoms with Gasteiger partial charge in [0, 0.05) is 25.3 Å². The summed E-state index contributed by atoms with van der Waals surface area (Å²) in [5.41, 5.74) is 3.72. The van der Waals surface area contributed by atoms with Crippen molar-refractivity contribution in [2.75, 3.05) is 42.5 Å². The summed E-state index contributed by atoms with van der Waals surface area (Å²) >= 11 is 0. The predicted octanol–water partition coefficient (Wildman–Crippen LogP) is 3.83. The summed E-state index contributed by atoms with van der Waals surface area (Å²) < 4.78 is 6.10. The smallest absolute Gasteiger partial charge is 0.265 e. The molecule has 2 aromatic rings. The molecule has 1 fully saturated rings. The molecule has 0 aromatic heterocycles. The number of para-hydroxylation sites is 2. The van der Waals surface area contributed by atoms with Gasteiger partial charge in [-0.15, -0.1) is 0 Å². The van der Waals surface area contributed by atoms with Crippen LogP contribution in [0, 0.1) is 25.2 Å². The Balaban J connectivity index is 1.57. The molecule has 2 aliphatic heterocycles. The fourth-order valence-electron chi connectivity index (χ4n) is 4.82. The van der Waals surface area contributed by atoms with E-state index < -0.39 is 6.10 Å². The van der Waals surface area contributed by atoms with E-state index in [0.29, 0.717) is 18.8 Å². The van der Waals surface area contributed by atoms with Crippen molar-refractivity contribution >= 4 is 23.2 Å². The molecule has 178 valence electrons. The van der Waals surface area contributed by atoms with Gasteiger partial charge in [0.2, 0.25) is 5.91 Å². The van der Waals surface area contributed by atoms with Gasteiger partial charge in [-0.3, -0.25) is 9.59 Å². The zero-order chi connectivity index (χ0) is 24.1. The number of anilines is 2. The first-order valence-electron chi connectivity index (χ1n) is 12.0. The van der Waals surface area contributed by atoms with E-state index in [4.69, 9.17) is 10.00 Å². The van der Waals surface area contributed by atoms with E-state index in [1.54, 1.807) is 4.90 Å². The van der Waals surface area contributed by atoms with E-state index in [1.165, 1.54) is 0 Å². The third-order valence-electron chi connectivity index (χ3n) is 6.40. The number of benzene rings is 2. The normalized spacial score (nSPS) is 17.4. The van der Waals surface area contributed by atoms with Gasteiger partial charge in [0.05, 0.1) is 31.3 Å². The van der Waals surface area contributed by atoms with Crippen LogP contribution in [0.4, 0.5) is 11.4 Å². The maximum Gasteiger partial charge on any atom is 0.265 e. The number of aryl methyl sites for hydroxylation is 2. The summed E-state index contributed by atoms with van der Waals surface area (Å²) in [6.45, 7) is 6.25. The number of amides is 2. The van der Waals surface area contributed by atoms with Crippen LogP contribution >= 0.6 is 0 Å². The average Bonchev–Trinajstić information content (AvgIpc) is 2.83. The van der Waals surface area contributed by atoms with Crippen molar-refractivity contribution in [3.8, 4) is 11.8 Å². The fraction of sp³-hybridized carbons (Fsp3) is 0.444. The second-order valence-corrected chi connectivity index (χ2v) is 9.14. The van der Waals surface area contributed by atoms with Gasteiger partial charge in [-0.2, -0.15) is 5.26 Å². The second kappa shape index (κ2) is 10.6. The van der Waals surface area contributed by atoms with Gasteiger partial charge in [-0.05, 0) is 68.5 Å².